The van der Waals surface area contributed by atoms with Crippen LogP contribution in [0.1, 0.15) is 11.1 Å². The molecule has 2 aromatic carbocycles. The number of hydrogen-bond acceptors (Lipinski definition) is 4. The van der Waals surface area contributed by atoms with E-state index in [0.717, 1.165) is 16.6 Å². The number of halogens is 1. The SMILES string of the molecule is Oc1cc2c(cc1CNCc1cccc(Br)c1)OCO2. The zero-order valence-electron chi connectivity index (χ0n) is 10.7. The lowest BCUT2D eigenvalue weighted by Crippen LogP contribution is -2.12. The van der Waals surface area contributed by atoms with E-state index in [4.69, 9.17) is 9.47 Å². The molecule has 0 fully saturated rings. The molecule has 0 spiro atoms. The summed E-state index contributed by atoms with van der Waals surface area (Å²) in [5.74, 6) is 1.50. The molecular weight excluding hydrogens is 322 g/mol. The monoisotopic (exact) mass is 335 g/mol. The fourth-order valence-corrected chi connectivity index (χ4v) is 2.55. The van der Waals surface area contributed by atoms with Crippen molar-refractivity contribution in [2.45, 2.75) is 13.1 Å². The van der Waals surface area contributed by atoms with Gasteiger partial charge in [-0.3, -0.25) is 0 Å². The van der Waals surface area contributed by atoms with Crippen LogP contribution in [0.5, 0.6) is 17.2 Å². The average Bonchev–Trinajstić information content (AvgIpc) is 2.86. The first-order valence-electron chi connectivity index (χ1n) is 6.29. The van der Waals surface area contributed by atoms with Crippen molar-refractivity contribution in [3.63, 3.8) is 0 Å². The Hall–Kier alpha value is -1.72. The summed E-state index contributed by atoms with van der Waals surface area (Å²) in [6.07, 6.45) is 0. The van der Waals surface area contributed by atoms with Crippen molar-refractivity contribution in [2.24, 2.45) is 0 Å². The highest BCUT2D eigenvalue weighted by Crippen LogP contribution is 2.37. The Kier molecular flexibility index (Phi) is 3.80. The van der Waals surface area contributed by atoms with Gasteiger partial charge in [-0.15, -0.1) is 0 Å². The minimum absolute atomic E-state index is 0.212. The topological polar surface area (TPSA) is 50.7 Å². The fourth-order valence-electron chi connectivity index (χ4n) is 2.10. The highest BCUT2D eigenvalue weighted by Gasteiger charge is 2.16. The van der Waals surface area contributed by atoms with Gasteiger partial charge in [0.15, 0.2) is 11.5 Å². The first kappa shape index (κ1) is 13.3. The highest BCUT2D eigenvalue weighted by atomic mass is 79.9. The predicted molar refractivity (Wildman–Crippen MR) is 78.9 cm³/mol. The molecule has 3 rings (SSSR count). The summed E-state index contributed by atoms with van der Waals surface area (Å²) in [6, 6.07) is 11.5. The summed E-state index contributed by atoms with van der Waals surface area (Å²) < 4.78 is 11.6. The van der Waals surface area contributed by atoms with Crippen LogP contribution >= 0.6 is 15.9 Å². The van der Waals surface area contributed by atoms with Crippen molar-refractivity contribution in [2.75, 3.05) is 6.79 Å². The lowest BCUT2D eigenvalue weighted by atomic mass is 10.1. The molecule has 0 bridgehead atoms. The minimum atomic E-state index is 0.212. The van der Waals surface area contributed by atoms with Crippen molar-refractivity contribution in [1.82, 2.24) is 5.32 Å². The number of benzene rings is 2. The van der Waals surface area contributed by atoms with Gasteiger partial charge in [-0.1, -0.05) is 28.1 Å². The highest BCUT2D eigenvalue weighted by molar-refractivity contribution is 9.10. The molecule has 0 saturated heterocycles. The second-order valence-corrected chi connectivity index (χ2v) is 5.48. The van der Waals surface area contributed by atoms with E-state index < -0.39 is 0 Å². The van der Waals surface area contributed by atoms with Crippen LogP contribution in [0, 0.1) is 0 Å². The molecule has 2 aromatic rings. The van der Waals surface area contributed by atoms with Crippen molar-refractivity contribution in [1.29, 1.82) is 0 Å². The zero-order valence-corrected chi connectivity index (χ0v) is 12.3. The van der Waals surface area contributed by atoms with Gasteiger partial charge >= 0.3 is 0 Å². The third-order valence-electron chi connectivity index (χ3n) is 3.11. The number of rotatable bonds is 4. The van der Waals surface area contributed by atoms with Crippen molar-refractivity contribution >= 4 is 15.9 Å². The molecule has 104 valence electrons. The number of ether oxygens (including phenoxy) is 2. The summed E-state index contributed by atoms with van der Waals surface area (Å²) in [4.78, 5) is 0. The van der Waals surface area contributed by atoms with Crippen LogP contribution in [0.3, 0.4) is 0 Å². The molecule has 1 heterocycles. The van der Waals surface area contributed by atoms with Gasteiger partial charge in [-0.05, 0) is 23.8 Å². The normalized spacial score (nSPS) is 12.7. The summed E-state index contributed by atoms with van der Waals surface area (Å²) >= 11 is 3.45. The van der Waals surface area contributed by atoms with Crippen molar-refractivity contribution in [3.8, 4) is 17.2 Å². The maximum Gasteiger partial charge on any atom is 0.231 e. The van der Waals surface area contributed by atoms with E-state index in [2.05, 4.69) is 33.4 Å². The van der Waals surface area contributed by atoms with E-state index in [9.17, 15) is 5.11 Å². The number of hydrogen-bond donors (Lipinski definition) is 2. The molecule has 0 aliphatic carbocycles. The van der Waals surface area contributed by atoms with Crippen molar-refractivity contribution < 1.29 is 14.6 Å². The van der Waals surface area contributed by atoms with Gasteiger partial charge < -0.3 is 19.9 Å². The van der Waals surface area contributed by atoms with Crippen LogP contribution in [0.15, 0.2) is 40.9 Å². The maximum absolute atomic E-state index is 9.93. The molecule has 0 saturated carbocycles. The van der Waals surface area contributed by atoms with Gasteiger partial charge in [0.1, 0.15) is 5.75 Å². The van der Waals surface area contributed by atoms with Crippen LogP contribution in [0.4, 0.5) is 0 Å². The predicted octanol–water partition coefficient (Wildman–Crippen LogP) is 3.17. The first-order valence-corrected chi connectivity index (χ1v) is 7.08. The smallest absolute Gasteiger partial charge is 0.231 e. The Morgan fingerprint density at radius 3 is 2.70 bits per heavy atom. The molecule has 2 N–H and O–H groups in total. The summed E-state index contributed by atoms with van der Waals surface area (Å²) in [7, 11) is 0. The molecule has 4 nitrogen and oxygen atoms in total. The summed E-state index contributed by atoms with van der Waals surface area (Å²) in [6.45, 7) is 1.51. The largest absolute Gasteiger partial charge is 0.507 e. The molecule has 1 aliphatic heterocycles. The van der Waals surface area contributed by atoms with Gasteiger partial charge in [0.05, 0.1) is 0 Å². The van der Waals surface area contributed by atoms with Crippen LogP contribution in [0.25, 0.3) is 0 Å². The van der Waals surface area contributed by atoms with Gasteiger partial charge in [-0.25, -0.2) is 0 Å². The Morgan fingerprint density at radius 1 is 1.10 bits per heavy atom. The zero-order chi connectivity index (χ0) is 13.9. The third kappa shape index (κ3) is 2.89. The lowest BCUT2D eigenvalue weighted by molar-refractivity contribution is 0.174. The summed E-state index contributed by atoms with van der Waals surface area (Å²) in [5.41, 5.74) is 1.98. The number of phenols is 1. The van der Waals surface area contributed by atoms with Gasteiger partial charge in [0.25, 0.3) is 0 Å². The molecule has 1 aliphatic rings. The van der Waals surface area contributed by atoms with E-state index in [1.54, 1.807) is 6.07 Å². The Morgan fingerprint density at radius 2 is 1.90 bits per heavy atom. The second kappa shape index (κ2) is 5.73. The third-order valence-corrected chi connectivity index (χ3v) is 3.60. The van der Waals surface area contributed by atoms with Crippen LogP contribution in [-0.4, -0.2) is 11.9 Å². The maximum atomic E-state index is 9.93. The van der Waals surface area contributed by atoms with E-state index in [0.29, 0.717) is 18.0 Å². The quantitative estimate of drug-likeness (QED) is 0.901. The van der Waals surface area contributed by atoms with Gasteiger partial charge in [0, 0.05) is 29.2 Å². The molecule has 0 radical (unpaired) electrons. The molecule has 0 amide bonds. The Balaban J connectivity index is 1.64. The van der Waals surface area contributed by atoms with Crippen LogP contribution in [0.2, 0.25) is 0 Å². The standard InChI is InChI=1S/C15H14BrNO3/c16-12-3-1-2-10(4-12)7-17-8-11-5-14-15(6-13(11)18)20-9-19-14/h1-6,17-18H,7-9H2. The first-order chi connectivity index (χ1) is 9.72. The van der Waals surface area contributed by atoms with Crippen LogP contribution in [-0.2, 0) is 13.1 Å². The molecule has 0 atom stereocenters. The van der Waals surface area contributed by atoms with E-state index in [1.807, 2.05) is 18.2 Å². The lowest BCUT2D eigenvalue weighted by Gasteiger charge is -2.08. The molecular formula is C15H14BrNO3. The van der Waals surface area contributed by atoms with E-state index >= 15 is 0 Å². The second-order valence-electron chi connectivity index (χ2n) is 4.57. The number of nitrogens with one attached hydrogen (secondary N) is 1. The fraction of sp³-hybridized carbons (Fsp3) is 0.200. The average molecular weight is 336 g/mol. The minimum Gasteiger partial charge on any atom is -0.507 e. The Labute approximate surface area is 125 Å². The van der Waals surface area contributed by atoms with Gasteiger partial charge in [0.2, 0.25) is 6.79 Å². The molecule has 5 heteroatoms. The summed E-state index contributed by atoms with van der Waals surface area (Å²) in [5, 5.41) is 13.2. The molecule has 0 aromatic heterocycles. The molecule has 20 heavy (non-hydrogen) atoms. The van der Waals surface area contributed by atoms with Crippen LogP contribution < -0.4 is 14.8 Å². The van der Waals surface area contributed by atoms with E-state index in [-0.39, 0.29) is 12.5 Å². The number of phenolic OH excluding ortho intramolecular Hbond substituents is 1. The van der Waals surface area contributed by atoms with Crippen molar-refractivity contribution in [3.05, 3.63) is 52.0 Å². The number of aromatic hydroxyl groups is 1. The number of fused-ring (bicyclic) bond motifs is 1. The van der Waals surface area contributed by atoms with Gasteiger partial charge in [-0.2, -0.15) is 0 Å². The Bertz CT molecular complexity index is 631. The molecule has 0 unspecified atom stereocenters. The van der Waals surface area contributed by atoms with E-state index in [1.165, 1.54) is 5.56 Å².